The largest absolute Gasteiger partial charge is 0.289 e. The monoisotopic (exact) mass is 187 g/mol. The molecule has 0 spiro atoms. The maximum absolute atomic E-state index is 10.4. The van der Waals surface area contributed by atoms with Gasteiger partial charge in [-0.15, -0.1) is 0 Å². The number of nitrogens with zero attached hydrogens (tertiary/aromatic N) is 3. The van der Waals surface area contributed by atoms with E-state index in [1.807, 2.05) is 0 Å². The maximum atomic E-state index is 10.4. The fourth-order valence-corrected chi connectivity index (χ4v) is 0.982. The Bertz CT molecular complexity index is 171. The van der Waals surface area contributed by atoms with Crippen molar-refractivity contribution in [3.05, 3.63) is 10.4 Å². The van der Waals surface area contributed by atoms with Crippen molar-refractivity contribution in [1.29, 1.82) is 0 Å². The number of azide groups is 1. The first kappa shape index (κ1) is 9.12. The van der Waals surface area contributed by atoms with Crippen LogP contribution in [-0.2, 0) is 4.57 Å². The molecule has 0 aromatic carbocycles. The summed E-state index contributed by atoms with van der Waals surface area (Å²) in [7, 11) is 0. The van der Waals surface area contributed by atoms with E-state index in [0.717, 1.165) is 0 Å². The fourth-order valence-electron chi connectivity index (χ4n) is 0.206. The maximum Gasteiger partial charge on any atom is 0.253 e. The Kier molecular flexibility index (Phi) is 4.07. The van der Waals surface area contributed by atoms with Gasteiger partial charge in [-0.25, -0.2) is 0 Å². The molecule has 0 aromatic rings. The van der Waals surface area contributed by atoms with Crippen molar-refractivity contribution in [3.63, 3.8) is 0 Å². The molecular formula is C2H4Cl2N3OP. The molecule has 0 aliphatic rings. The van der Waals surface area contributed by atoms with Crippen LogP contribution < -0.4 is 0 Å². The molecule has 0 aliphatic carbocycles. The predicted molar refractivity (Wildman–Crippen MR) is 38.2 cm³/mol. The van der Waals surface area contributed by atoms with E-state index in [-0.39, 0.29) is 12.7 Å². The van der Waals surface area contributed by atoms with Crippen molar-refractivity contribution in [1.82, 2.24) is 0 Å². The van der Waals surface area contributed by atoms with E-state index in [4.69, 9.17) is 28.0 Å². The smallest absolute Gasteiger partial charge is 0.253 e. The van der Waals surface area contributed by atoms with Crippen molar-refractivity contribution in [2.24, 2.45) is 5.11 Å². The third kappa shape index (κ3) is 8.12. The van der Waals surface area contributed by atoms with Gasteiger partial charge >= 0.3 is 0 Å². The molecule has 0 fully saturated rings. The standard InChI is InChI=1S/C2H4Cl2N3OP/c3-9(4,8)2-1-6-7-5/h1-2H2. The van der Waals surface area contributed by atoms with Crippen molar-refractivity contribution in [2.75, 3.05) is 12.7 Å². The third-order valence-corrected chi connectivity index (χ3v) is 2.26. The molecule has 52 valence electrons. The number of hydrogen-bond donors (Lipinski definition) is 0. The van der Waals surface area contributed by atoms with Crippen LogP contribution in [0.25, 0.3) is 10.4 Å². The summed E-state index contributed by atoms with van der Waals surface area (Å²) < 4.78 is 10.4. The quantitative estimate of drug-likeness (QED) is 0.290. The summed E-state index contributed by atoms with van der Waals surface area (Å²) >= 11 is 10.2. The average Bonchev–Trinajstić information content (AvgIpc) is 1.63. The van der Waals surface area contributed by atoms with E-state index in [0.29, 0.717) is 0 Å². The van der Waals surface area contributed by atoms with Gasteiger partial charge in [0.2, 0.25) is 0 Å². The van der Waals surface area contributed by atoms with Crippen LogP contribution in [0.3, 0.4) is 0 Å². The highest BCUT2D eigenvalue weighted by atomic mass is 35.9. The van der Waals surface area contributed by atoms with Gasteiger partial charge in [0.15, 0.2) is 0 Å². The van der Waals surface area contributed by atoms with Gasteiger partial charge in [-0.05, 0) is 28.0 Å². The first-order chi connectivity index (χ1) is 4.06. The summed E-state index contributed by atoms with van der Waals surface area (Å²) in [5, 5.41) is 3.10. The lowest BCUT2D eigenvalue weighted by Gasteiger charge is -1.93. The highest BCUT2D eigenvalue weighted by molar-refractivity contribution is 8.08. The zero-order valence-electron chi connectivity index (χ0n) is 4.37. The van der Waals surface area contributed by atoms with Crippen LogP contribution in [0.5, 0.6) is 0 Å². The van der Waals surface area contributed by atoms with Gasteiger partial charge in [0.25, 0.3) is 5.85 Å². The molecule has 0 heterocycles. The molecule has 4 nitrogen and oxygen atoms in total. The Morgan fingerprint density at radius 2 is 2.22 bits per heavy atom. The zero-order chi connectivity index (χ0) is 7.33. The fraction of sp³-hybridized carbons (Fsp3) is 1.00. The van der Waals surface area contributed by atoms with Crippen molar-refractivity contribution in [2.45, 2.75) is 0 Å². The second-order valence-corrected chi connectivity index (χ2v) is 6.63. The second kappa shape index (κ2) is 4.02. The summed E-state index contributed by atoms with van der Waals surface area (Å²) in [6, 6.07) is 0. The summed E-state index contributed by atoms with van der Waals surface area (Å²) in [4.78, 5) is 2.43. The van der Waals surface area contributed by atoms with Gasteiger partial charge < -0.3 is 0 Å². The Balaban J connectivity index is 3.52. The summed E-state index contributed by atoms with van der Waals surface area (Å²) in [6.45, 7) is 0.0841. The SMILES string of the molecule is [N-]=[N+]=NCCP(=O)(Cl)Cl. The normalized spacial score (nSPS) is 10.4. The van der Waals surface area contributed by atoms with Crippen molar-refractivity contribution in [3.8, 4) is 0 Å². The minimum atomic E-state index is -3.02. The molecule has 0 amide bonds. The molecule has 0 N–H and O–H groups in total. The highest BCUT2D eigenvalue weighted by Crippen LogP contribution is 2.55. The molecule has 0 rings (SSSR count). The number of hydrogen-bond acceptors (Lipinski definition) is 2. The van der Waals surface area contributed by atoms with Crippen LogP contribution in [0, 0.1) is 0 Å². The van der Waals surface area contributed by atoms with Crippen LogP contribution in [0.1, 0.15) is 0 Å². The van der Waals surface area contributed by atoms with E-state index in [1.165, 1.54) is 0 Å². The van der Waals surface area contributed by atoms with Gasteiger partial charge in [0.1, 0.15) is 0 Å². The lowest BCUT2D eigenvalue weighted by atomic mass is 10.8. The number of halogens is 2. The molecule has 0 unspecified atom stereocenters. The van der Waals surface area contributed by atoms with Crippen molar-refractivity contribution >= 4 is 28.3 Å². The summed E-state index contributed by atoms with van der Waals surface area (Å²) in [5.41, 5.74) is 7.75. The van der Waals surface area contributed by atoms with E-state index in [2.05, 4.69) is 10.0 Å². The van der Waals surface area contributed by atoms with E-state index in [9.17, 15) is 4.57 Å². The van der Waals surface area contributed by atoms with Gasteiger partial charge in [-0.1, -0.05) is 5.11 Å². The summed E-state index contributed by atoms with van der Waals surface area (Å²) in [6.07, 6.45) is 0.0418. The lowest BCUT2D eigenvalue weighted by molar-refractivity contribution is 0.592. The molecule has 0 saturated carbocycles. The molecule has 7 heteroatoms. The Labute approximate surface area is 61.7 Å². The van der Waals surface area contributed by atoms with Crippen LogP contribution in [0.15, 0.2) is 5.11 Å². The lowest BCUT2D eigenvalue weighted by Crippen LogP contribution is -1.81. The van der Waals surface area contributed by atoms with Gasteiger partial charge in [0.05, 0.1) is 0 Å². The van der Waals surface area contributed by atoms with Gasteiger partial charge in [-0.3, -0.25) is 4.57 Å². The van der Waals surface area contributed by atoms with E-state index < -0.39 is 5.85 Å². The van der Waals surface area contributed by atoms with Gasteiger partial charge in [-0.2, -0.15) is 0 Å². The molecule has 0 atom stereocenters. The molecular weight excluding hydrogens is 184 g/mol. The van der Waals surface area contributed by atoms with Crippen molar-refractivity contribution < 1.29 is 4.57 Å². The average molecular weight is 188 g/mol. The predicted octanol–water partition coefficient (Wildman–Crippen LogP) is 2.97. The second-order valence-electron chi connectivity index (χ2n) is 1.25. The Morgan fingerprint density at radius 1 is 1.67 bits per heavy atom. The van der Waals surface area contributed by atoms with Crippen LogP contribution in [0.4, 0.5) is 0 Å². The van der Waals surface area contributed by atoms with E-state index in [1.54, 1.807) is 0 Å². The van der Waals surface area contributed by atoms with Crippen LogP contribution >= 0.6 is 28.3 Å². The topological polar surface area (TPSA) is 65.8 Å². The number of rotatable bonds is 3. The Morgan fingerprint density at radius 3 is 2.56 bits per heavy atom. The van der Waals surface area contributed by atoms with Crippen LogP contribution in [0.2, 0.25) is 0 Å². The molecule has 0 saturated heterocycles. The summed E-state index contributed by atoms with van der Waals surface area (Å²) in [5.74, 6) is -3.02. The Hall–Kier alpha value is 0.120. The molecule has 0 aromatic heterocycles. The molecule has 0 aliphatic heterocycles. The molecule has 9 heavy (non-hydrogen) atoms. The van der Waals surface area contributed by atoms with E-state index >= 15 is 0 Å². The minimum absolute atomic E-state index is 0.0418. The molecule has 0 radical (unpaired) electrons. The zero-order valence-corrected chi connectivity index (χ0v) is 6.77. The molecule has 0 bridgehead atoms. The first-order valence-electron chi connectivity index (χ1n) is 2.05. The first-order valence-corrected chi connectivity index (χ1v) is 5.76. The highest BCUT2D eigenvalue weighted by Gasteiger charge is 2.10. The van der Waals surface area contributed by atoms with Crippen LogP contribution in [-0.4, -0.2) is 12.7 Å². The van der Waals surface area contributed by atoms with Gasteiger partial charge in [0, 0.05) is 17.6 Å². The third-order valence-electron chi connectivity index (χ3n) is 0.524. The minimum Gasteiger partial charge on any atom is -0.289 e.